The summed E-state index contributed by atoms with van der Waals surface area (Å²) >= 11 is 0. The van der Waals surface area contributed by atoms with Gasteiger partial charge >= 0.3 is 17.9 Å². The van der Waals surface area contributed by atoms with Gasteiger partial charge in [0.1, 0.15) is 13.2 Å². The van der Waals surface area contributed by atoms with Crippen LogP contribution in [0.2, 0.25) is 0 Å². The summed E-state index contributed by atoms with van der Waals surface area (Å²) in [7, 11) is 0. The van der Waals surface area contributed by atoms with E-state index in [2.05, 4.69) is 81.5 Å². The van der Waals surface area contributed by atoms with E-state index in [0.717, 1.165) is 77.0 Å². The smallest absolute Gasteiger partial charge is 0.306 e. The third kappa shape index (κ3) is 50.1. The molecule has 0 spiro atoms. The van der Waals surface area contributed by atoms with E-state index in [1.54, 1.807) is 0 Å². The maximum Gasteiger partial charge on any atom is 0.306 e. The van der Waals surface area contributed by atoms with Gasteiger partial charge in [-0.25, -0.2) is 0 Å². The molecular formula is C58H102O6. The minimum Gasteiger partial charge on any atom is -0.462 e. The van der Waals surface area contributed by atoms with Crippen LogP contribution in [0.3, 0.4) is 0 Å². The van der Waals surface area contributed by atoms with Crippen molar-refractivity contribution in [2.45, 2.75) is 277 Å². The SMILES string of the molecule is CCCCCCCC/C=C\C/C=C\C/C=C\CCCC(=O)OC(COC(=O)CCCCCCC/C=C\C=C/CCCCCCCCC)COC(=O)CCCCCCCCCCCCC. The first-order valence-corrected chi connectivity index (χ1v) is 27.3. The molecule has 0 aromatic rings. The van der Waals surface area contributed by atoms with Crippen molar-refractivity contribution in [2.24, 2.45) is 0 Å². The lowest BCUT2D eigenvalue weighted by molar-refractivity contribution is -0.167. The zero-order valence-corrected chi connectivity index (χ0v) is 42.3. The number of carbonyl (C=O) groups excluding carboxylic acids is 3. The van der Waals surface area contributed by atoms with E-state index in [-0.39, 0.29) is 37.5 Å². The lowest BCUT2D eigenvalue weighted by atomic mass is 10.1. The number of unbranched alkanes of at least 4 members (excludes halogenated alkanes) is 29. The molecule has 0 aromatic heterocycles. The molecule has 0 fully saturated rings. The van der Waals surface area contributed by atoms with Gasteiger partial charge in [-0.1, -0.05) is 236 Å². The van der Waals surface area contributed by atoms with Crippen LogP contribution in [-0.2, 0) is 28.6 Å². The first-order valence-electron chi connectivity index (χ1n) is 27.3. The number of esters is 3. The predicted molar refractivity (Wildman–Crippen MR) is 275 cm³/mol. The Morgan fingerprint density at radius 3 is 1.02 bits per heavy atom. The highest BCUT2D eigenvalue weighted by molar-refractivity contribution is 5.71. The summed E-state index contributed by atoms with van der Waals surface area (Å²) in [5.41, 5.74) is 0. The number of carbonyl (C=O) groups is 3. The Hall–Kier alpha value is -2.89. The summed E-state index contributed by atoms with van der Waals surface area (Å²) in [6.07, 6.45) is 65.0. The van der Waals surface area contributed by atoms with Crippen LogP contribution in [0.25, 0.3) is 0 Å². The normalized spacial score (nSPS) is 12.5. The molecule has 0 heterocycles. The molecule has 0 bridgehead atoms. The molecule has 0 saturated heterocycles. The van der Waals surface area contributed by atoms with Crippen molar-refractivity contribution in [3.05, 3.63) is 60.8 Å². The van der Waals surface area contributed by atoms with Crippen LogP contribution in [0, 0.1) is 0 Å². The van der Waals surface area contributed by atoms with Gasteiger partial charge in [0.25, 0.3) is 0 Å². The van der Waals surface area contributed by atoms with Gasteiger partial charge in [0.05, 0.1) is 0 Å². The van der Waals surface area contributed by atoms with Gasteiger partial charge in [-0.05, 0) is 77.0 Å². The zero-order chi connectivity index (χ0) is 46.5. The van der Waals surface area contributed by atoms with Crippen LogP contribution < -0.4 is 0 Å². The second kappa shape index (κ2) is 52.7. The number of allylic oxidation sites excluding steroid dienone is 10. The highest BCUT2D eigenvalue weighted by Crippen LogP contribution is 2.14. The minimum absolute atomic E-state index is 0.0974. The maximum atomic E-state index is 12.8. The molecule has 0 N–H and O–H groups in total. The quantitative estimate of drug-likeness (QED) is 0.0199. The van der Waals surface area contributed by atoms with Crippen molar-refractivity contribution in [1.82, 2.24) is 0 Å². The molecule has 1 unspecified atom stereocenters. The molecule has 0 amide bonds. The largest absolute Gasteiger partial charge is 0.462 e. The minimum atomic E-state index is -0.804. The maximum absolute atomic E-state index is 12.8. The van der Waals surface area contributed by atoms with Gasteiger partial charge in [0.15, 0.2) is 6.10 Å². The van der Waals surface area contributed by atoms with Crippen molar-refractivity contribution < 1.29 is 28.6 Å². The van der Waals surface area contributed by atoms with Gasteiger partial charge in [0.2, 0.25) is 0 Å². The molecule has 0 aromatic carbocycles. The molecular weight excluding hydrogens is 793 g/mol. The second-order valence-electron chi connectivity index (χ2n) is 18.2. The molecule has 1 atom stereocenters. The predicted octanol–water partition coefficient (Wildman–Crippen LogP) is 18.0. The van der Waals surface area contributed by atoms with Crippen LogP contribution in [0.5, 0.6) is 0 Å². The van der Waals surface area contributed by atoms with Gasteiger partial charge < -0.3 is 14.2 Å². The summed E-state index contributed by atoms with van der Waals surface area (Å²) in [4.78, 5) is 38.0. The van der Waals surface area contributed by atoms with Gasteiger partial charge in [-0.2, -0.15) is 0 Å². The molecule has 0 rings (SSSR count). The Morgan fingerprint density at radius 2 is 0.625 bits per heavy atom. The van der Waals surface area contributed by atoms with E-state index in [1.165, 1.54) is 148 Å². The van der Waals surface area contributed by atoms with Gasteiger partial charge in [-0.3, -0.25) is 14.4 Å². The lowest BCUT2D eigenvalue weighted by Crippen LogP contribution is -2.30. The second-order valence-corrected chi connectivity index (χ2v) is 18.2. The fraction of sp³-hybridized carbons (Fsp3) is 0.776. The van der Waals surface area contributed by atoms with Crippen LogP contribution in [0.4, 0.5) is 0 Å². The van der Waals surface area contributed by atoms with Crippen molar-refractivity contribution in [3.8, 4) is 0 Å². The molecule has 0 saturated carbocycles. The molecule has 64 heavy (non-hydrogen) atoms. The molecule has 6 heteroatoms. The summed E-state index contributed by atoms with van der Waals surface area (Å²) in [5, 5.41) is 0. The van der Waals surface area contributed by atoms with Crippen molar-refractivity contribution in [2.75, 3.05) is 13.2 Å². The van der Waals surface area contributed by atoms with E-state index in [0.29, 0.717) is 19.3 Å². The van der Waals surface area contributed by atoms with E-state index < -0.39 is 6.10 Å². The first-order chi connectivity index (χ1) is 31.5. The summed E-state index contributed by atoms with van der Waals surface area (Å²) in [5.74, 6) is -0.960. The Bertz CT molecular complexity index is 1170. The average Bonchev–Trinajstić information content (AvgIpc) is 3.29. The molecule has 0 radical (unpaired) electrons. The van der Waals surface area contributed by atoms with Crippen molar-refractivity contribution >= 4 is 17.9 Å². The lowest BCUT2D eigenvalue weighted by Gasteiger charge is -2.18. The Labute approximate surface area is 396 Å². The molecule has 6 nitrogen and oxygen atoms in total. The Balaban J connectivity index is 4.45. The Kier molecular flexibility index (Phi) is 50.4. The zero-order valence-electron chi connectivity index (χ0n) is 42.3. The van der Waals surface area contributed by atoms with E-state index >= 15 is 0 Å². The standard InChI is InChI=1S/C58H102O6/c1-4-7-10-13-16-19-22-24-26-28-30-31-33-36-39-42-45-48-51-57(60)63-54-55(53-62-56(59)50-47-44-41-38-35-21-18-15-12-9-6-3)64-58(61)52-49-46-43-40-37-34-32-29-27-25-23-20-17-14-11-8-5-2/h25-28,30-32,34,40,43,55H,4-24,29,33,35-39,41-42,44-54H2,1-3H3/b27-25-,28-26-,31-30-,34-32-,43-40-. The van der Waals surface area contributed by atoms with Crippen molar-refractivity contribution in [3.63, 3.8) is 0 Å². The fourth-order valence-corrected chi connectivity index (χ4v) is 7.63. The van der Waals surface area contributed by atoms with Crippen LogP contribution in [-0.4, -0.2) is 37.2 Å². The number of hydrogen-bond acceptors (Lipinski definition) is 6. The van der Waals surface area contributed by atoms with E-state index in [9.17, 15) is 14.4 Å². The van der Waals surface area contributed by atoms with E-state index in [1.807, 2.05) is 0 Å². The Morgan fingerprint density at radius 1 is 0.328 bits per heavy atom. The first kappa shape index (κ1) is 61.1. The van der Waals surface area contributed by atoms with Crippen LogP contribution >= 0.6 is 0 Å². The van der Waals surface area contributed by atoms with Gasteiger partial charge in [0, 0.05) is 19.3 Å². The highest BCUT2D eigenvalue weighted by atomic mass is 16.6. The number of hydrogen-bond donors (Lipinski definition) is 0. The summed E-state index contributed by atoms with van der Waals surface area (Å²) < 4.78 is 16.8. The third-order valence-electron chi connectivity index (χ3n) is 11.8. The summed E-state index contributed by atoms with van der Waals surface area (Å²) in [6.45, 7) is 6.58. The third-order valence-corrected chi connectivity index (χ3v) is 11.8. The van der Waals surface area contributed by atoms with Crippen LogP contribution in [0.15, 0.2) is 60.8 Å². The fourth-order valence-electron chi connectivity index (χ4n) is 7.63. The molecule has 370 valence electrons. The average molecular weight is 895 g/mol. The van der Waals surface area contributed by atoms with Crippen molar-refractivity contribution in [1.29, 1.82) is 0 Å². The number of rotatable bonds is 49. The molecule has 0 aliphatic heterocycles. The number of ether oxygens (including phenoxy) is 3. The topological polar surface area (TPSA) is 78.9 Å². The van der Waals surface area contributed by atoms with Crippen LogP contribution in [0.1, 0.15) is 271 Å². The van der Waals surface area contributed by atoms with E-state index in [4.69, 9.17) is 14.2 Å². The monoisotopic (exact) mass is 895 g/mol. The molecule has 0 aliphatic rings. The highest BCUT2D eigenvalue weighted by Gasteiger charge is 2.19. The van der Waals surface area contributed by atoms with Gasteiger partial charge in [-0.15, -0.1) is 0 Å². The molecule has 0 aliphatic carbocycles. The summed E-state index contributed by atoms with van der Waals surface area (Å²) in [6, 6.07) is 0.